The molecule has 1 aromatic heterocycles. The van der Waals surface area contributed by atoms with Crippen molar-refractivity contribution < 1.29 is 24.2 Å². The number of carbonyl (C=O) groups excluding carboxylic acids is 2. The summed E-state index contributed by atoms with van der Waals surface area (Å²) in [6.07, 6.45) is 0.0485. The predicted octanol–water partition coefficient (Wildman–Crippen LogP) is 1.54. The Labute approximate surface area is 131 Å². The monoisotopic (exact) mass is 326 g/mol. The summed E-state index contributed by atoms with van der Waals surface area (Å²) in [4.78, 5) is 38.7. The van der Waals surface area contributed by atoms with E-state index < -0.39 is 23.2 Å². The van der Waals surface area contributed by atoms with Crippen LogP contribution in [-0.2, 0) is 25.5 Å². The van der Waals surface area contributed by atoms with Gasteiger partial charge in [0.2, 0.25) is 5.91 Å². The lowest BCUT2D eigenvalue weighted by molar-refractivity contribution is -0.142. The van der Waals surface area contributed by atoms with E-state index in [0.717, 1.165) is 0 Å². The largest absolute Gasteiger partial charge is 0.481 e. The molecule has 1 saturated carbocycles. The first-order valence-electron chi connectivity index (χ1n) is 6.91. The van der Waals surface area contributed by atoms with Gasteiger partial charge in [0.15, 0.2) is 5.13 Å². The lowest BCUT2D eigenvalue weighted by Crippen LogP contribution is -2.17. The molecule has 1 aliphatic rings. The van der Waals surface area contributed by atoms with E-state index in [1.54, 1.807) is 26.2 Å². The third-order valence-electron chi connectivity index (χ3n) is 3.79. The maximum absolute atomic E-state index is 12.1. The molecule has 0 bridgehead atoms. The highest BCUT2D eigenvalue weighted by molar-refractivity contribution is 7.13. The van der Waals surface area contributed by atoms with Crippen molar-refractivity contribution in [3.05, 3.63) is 11.1 Å². The van der Waals surface area contributed by atoms with E-state index in [1.807, 2.05) is 0 Å². The first-order chi connectivity index (χ1) is 10.3. The van der Waals surface area contributed by atoms with E-state index in [2.05, 4.69) is 10.3 Å². The molecule has 0 saturated heterocycles. The van der Waals surface area contributed by atoms with Crippen LogP contribution in [-0.4, -0.2) is 34.5 Å². The molecule has 8 heteroatoms. The molecular formula is C14H18N2O5S. The molecule has 1 aliphatic carbocycles. The van der Waals surface area contributed by atoms with Crippen LogP contribution >= 0.6 is 11.3 Å². The normalized spacial score (nSPS) is 22.0. The highest BCUT2D eigenvalue weighted by atomic mass is 32.1. The fourth-order valence-corrected chi connectivity index (χ4v) is 3.29. The van der Waals surface area contributed by atoms with Crippen LogP contribution in [0.2, 0.25) is 0 Å². The molecule has 1 amide bonds. The number of amides is 1. The van der Waals surface area contributed by atoms with Crippen LogP contribution in [0.1, 0.15) is 26.5 Å². The zero-order valence-electron chi connectivity index (χ0n) is 12.6. The number of carbonyl (C=O) groups is 3. The molecule has 1 fully saturated rings. The summed E-state index contributed by atoms with van der Waals surface area (Å²) in [6, 6.07) is 0. The lowest BCUT2D eigenvalue weighted by Gasteiger charge is -2.02. The number of hydrogen-bond acceptors (Lipinski definition) is 6. The second kappa shape index (κ2) is 6.04. The second-order valence-electron chi connectivity index (χ2n) is 5.73. The number of anilines is 1. The SMILES string of the molecule is CCOC(=O)Cc1csc(NC(=O)[C@H]2[C@H](C(=O)O)C2(C)C)n1. The highest BCUT2D eigenvalue weighted by Crippen LogP contribution is 2.58. The molecule has 0 aliphatic heterocycles. The van der Waals surface area contributed by atoms with Gasteiger partial charge in [0.1, 0.15) is 0 Å². The Balaban J connectivity index is 1.95. The van der Waals surface area contributed by atoms with E-state index >= 15 is 0 Å². The fraction of sp³-hybridized carbons (Fsp3) is 0.571. The van der Waals surface area contributed by atoms with Gasteiger partial charge in [-0.3, -0.25) is 14.4 Å². The van der Waals surface area contributed by atoms with E-state index in [-0.39, 0.29) is 18.3 Å². The molecule has 0 aromatic carbocycles. The van der Waals surface area contributed by atoms with Gasteiger partial charge in [-0.05, 0) is 12.3 Å². The van der Waals surface area contributed by atoms with E-state index in [1.165, 1.54) is 11.3 Å². The summed E-state index contributed by atoms with van der Waals surface area (Å²) in [5, 5.41) is 13.7. The number of nitrogens with one attached hydrogen (secondary N) is 1. The molecule has 2 N–H and O–H groups in total. The third-order valence-corrected chi connectivity index (χ3v) is 4.60. The third kappa shape index (κ3) is 3.27. The summed E-state index contributed by atoms with van der Waals surface area (Å²) < 4.78 is 4.83. The molecule has 1 aromatic rings. The molecular weight excluding hydrogens is 308 g/mol. The maximum Gasteiger partial charge on any atom is 0.311 e. The van der Waals surface area contributed by atoms with Crippen molar-refractivity contribution in [2.24, 2.45) is 17.3 Å². The van der Waals surface area contributed by atoms with Crippen LogP contribution in [0.4, 0.5) is 5.13 Å². The van der Waals surface area contributed by atoms with Gasteiger partial charge in [0.25, 0.3) is 0 Å². The first kappa shape index (κ1) is 16.4. The molecule has 0 unspecified atom stereocenters. The number of hydrogen-bond donors (Lipinski definition) is 2. The topological polar surface area (TPSA) is 106 Å². The van der Waals surface area contributed by atoms with Gasteiger partial charge < -0.3 is 15.2 Å². The van der Waals surface area contributed by atoms with Crippen LogP contribution in [0.25, 0.3) is 0 Å². The van der Waals surface area contributed by atoms with Gasteiger partial charge in [-0.2, -0.15) is 0 Å². The summed E-state index contributed by atoms with van der Waals surface area (Å²) in [5.74, 6) is -2.93. The molecule has 2 atom stereocenters. The quantitative estimate of drug-likeness (QED) is 0.768. The number of rotatable bonds is 6. The Morgan fingerprint density at radius 2 is 2.09 bits per heavy atom. The van der Waals surface area contributed by atoms with Crippen molar-refractivity contribution in [1.29, 1.82) is 0 Å². The average Bonchev–Trinajstić information content (AvgIpc) is 2.74. The summed E-state index contributed by atoms with van der Waals surface area (Å²) in [6.45, 7) is 5.54. The van der Waals surface area contributed by atoms with E-state index in [9.17, 15) is 14.4 Å². The van der Waals surface area contributed by atoms with Gasteiger partial charge in [-0.15, -0.1) is 11.3 Å². The number of thiazole rings is 1. The predicted molar refractivity (Wildman–Crippen MR) is 79.5 cm³/mol. The minimum absolute atomic E-state index is 0.0485. The maximum atomic E-state index is 12.1. The van der Waals surface area contributed by atoms with Crippen LogP contribution in [0, 0.1) is 17.3 Å². The number of carboxylic acids is 1. The van der Waals surface area contributed by atoms with Crippen molar-refractivity contribution in [3.8, 4) is 0 Å². The Kier molecular flexibility index (Phi) is 4.50. The van der Waals surface area contributed by atoms with Crippen molar-refractivity contribution in [2.75, 3.05) is 11.9 Å². The van der Waals surface area contributed by atoms with Crippen molar-refractivity contribution in [2.45, 2.75) is 27.2 Å². The number of esters is 1. The first-order valence-corrected chi connectivity index (χ1v) is 7.79. The summed E-state index contributed by atoms with van der Waals surface area (Å²) in [7, 11) is 0. The zero-order valence-corrected chi connectivity index (χ0v) is 13.4. The molecule has 2 rings (SSSR count). The molecule has 22 heavy (non-hydrogen) atoms. The van der Waals surface area contributed by atoms with Crippen molar-refractivity contribution >= 4 is 34.3 Å². The zero-order chi connectivity index (χ0) is 16.5. The van der Waals surface area contributed by atoms with Crippen molar-refractivity contribution in [3.63, 3.8) is 0 Å². The molecule has 120 valence electrons. The Morgan fingerprint density at radius 3 is 2.64 bits per heavy atom. The minimum Gasteiger partial charge on any atom is -0.481 e. The standard InChI is InChI=1S/C14H18N2O5S/c1-4-21-8(17)5-7-6-22-13(15-7)16-11(18)9-10(12(19)20)14(9,2)3/h6,9-10H,4-5H2,1-3H3,(H,19,20)(H,15,16,18)/t9-,10-/m1/s1. The molecule has 0 spiro atoms. The van der Waals surface area contributed by atoms with E-state index in [0.29, 0.717) is 17.4 Å². The number of nitrogens with zero attached hydrogens (tertiary/aromatic N) is 1. The Hall–Kier alpha value is -1.96. The van der Waals surface area contributed by atoms with Crippen LogP contribution in [0.5, 0.6) is 0 Å². The Bertz CT molecular complexity index is 610. The number of aromatic nitrogens is 1. The van der Waals surface area contributed by atoms with Crippen LogP contribution in [0.3, 0.4) is 0 Å². The number of aliphatic carboxylic acids is 1. The Morgan fingerprint density at radius 1 is 1.41 bits per heavy atom. The summed E-state index contributed by atoms with van der Waals surface area (Å²) >= 11 is 1.19. The van der Waals surface area contributed by atoms with Crippen molar-refractivity contribution in [1.82, 2.24) is 4.98 Å². The van der Waals surface area contributed by atoms with Gasteiger partial charge in [-0.1, -0.05) is 13.8 Å². The van der Waals surface area contributed by atoms with Crippen LogP contribution in [0.15, 0.2) is 5.38 Å². The number of ether oxygens (including phenoxy) is 1. The minimum atomic E-state index is -0.965. The van der Waals surface area contributed by atoms with Gasteiger partial charge >= 0.3 is 11.9 Å². The number of carboxylic acid groups (broad SMARTS) is 1. The molecule has 0 radical (unpaired) electrons. The lowest BCUT2D eigenvalue weighted by atomic mass is 10.1. The van der Waals surface area contributed by atoms with Gasteiger partial charge in [0, 0.05) is 5.38 Å². The van der Waals surface area contributed by atoms with E-state index in [4.69, 9.17) is 9.84 Å². The van der Waals surface area contributed by atoms with Gasteiger partial charge in [-0.25, -0.2) is 4.98 Å². The highest BCUT2D eigenvalue weighted by Gasteiger charge is 2.65. The summed E-state index contributed by atoms with van der Waals surface area (Å²) in [5.41, 5.74) is -0.0374. The smallest absolute Gasteiger partial charge is 0.311 e. The molecule has 1 heterocycles. The second-order valence-corrected chi connectivity index (χ2v) is 6.59. The molecule has 7 nitrogen and oxygen atoms in total. The van der Waals surface area contributed by atoms with Crippen LogP contribution < -0.4 is 5.32 Å². The van der Waals surface area contributed by atoms with Gasteiger partial charge in [0.05, 0.1) is 30.6 Å². The fourth-order valence-electron chi connectivity index (χ4n) is 2.58. The average molecular weight is 326 g/mol.